The highest BCUT2D eigenvalue weighted by molar-refractivity contribution is 5.86. The number of nitrogens with zero attached hydrogens (tertiary/aromatic N) is 3. The van der Waals surface area contributed by atoms with Gasteiger partial charge in [0.1, 0.15) is 0 Å². The Morgan fingerprint density at radius 1 is 1.75 bits per heavy atom. The predicted octanol–water partition coefficient (Wildman–Crippen LogP) is 0.207. The van der Waals surface area contributed by atoms with Gasteiger partial charge in [-0.2, -0.15) is 0 Å². The summed E-state index contributed by atoms with van der Waals surface area (Å²) in [5.74, 6) is -0.409. The van der Waals surface area contributed by atoms with E-state index in [-0.39, 0.29) is 5.69 Å². The van der Waals surface area contributed by atoms with Crippen molar-refractivity contribution in [3.63, 3.8) is 0 Å². The number of carbonyl (C=O) groups is 1. The zero-order valence-electron chi connectivity index (χ0n) is 9.35. The molecule has 1 aromatic rings. The summed E-state index contributed by atoms with van der Waals surface area (Å²) in [6, 6.07) is 0.441. The zero-order valence-corrected chi connectivity index (χ0v) is 9.35. The lowest BCUT2D eigenvalue weighted by atomic mass is 10.2. The van der Waals surface area contributed by atoms with Gasteiger partial charge in [0, 0.05) is 6.04 Å². The second kappa shape index (κ2) is 5.07. The van der Waals surface area contributed by atoms with Gasteiger partial charge in [-0.3, -0.25) is 4.68 Å². The van der Waals surface area contributed by atoms with Crippen molar-refractivity contribution < 1.29 is 9.53 Å². The first-order chi connectivity index (χ1) is 7.79. The normalized spacial score (nSPS) is 19.9. The first-order valence-corrected chi connectivity index (χ1v) is 5.60. The van der Waals surface area contributed by atoms with Crippen molar-refractivity contribution >= 4 is 5.97 Å². The lowest BCUT2D eigenvalue weighted by molar-refractivity contribution is 0.0519. The monoisotopic (exact) mass is 224 g/mol. The van der Waals surface area contributed by atoms with Gasteiger partial charge in [-0.1, -0.05) is 5.21 Å². The molecule has 1 N–H and O–H groups in total. The van der Waals surface area contributed by atoms with Crippen molar-refractivity contribution in [3.8, 4) is 0 Å². The van der Waals surface area contributed by atoms with Crippen molar-refractivity contribution in [1.82, 2.24) is 20.3 Å². The molecule has 0 saturated carbocycles. The van der Waals surface area contributed by atoms with Gasteiger partial charge in [0.05, 0.1) is 19.3 Å². The second-order valence-electron chi connectivity index (χ2n) is 3.84. The molecule has 1 atom stereocenters. The fraction of sp³-hybridized carbons (Fsp3) is 0.700. The average molecular weight is 224 g/mol. The Bertz CT molecular complexity index is 357. The number of ether oxygens (including phenoxy) is 1. The molecule has 1 fully saturated rings. The Balaban J connectivity index is 1.93. The third-order valence-corrected chi connectivity index (χ3v) is 2.59. The van der Waals surface area contributed by atoms with Crippen LogP contribution >= 0.6 is 0 Å². The summed E-state index contributed by atoms with van der Waals surface area (Å²) in [5.41, 5.74) is 0.278. The lowest BCUT2D eigenvalue weighted by Crippen LogP contribution is -2.26. The number of hydrogen-bond donors (Lipinski definition) is 1. The summed E-state index contributed by atoms with van der Waals surface area (Å²) in [4.78, 5) is 11.3. The van der Waals surface area contributed by atoms with Crippen LogP contribution in [0.1, 0.15) is 30.3 Å². The minimum atomic E-state index is -0.409. The largest absolute Gasteiger partial charge is 0.461 e. The van der Waals surface area contributed by atoms with E-state index in [0.717, 1.165) is 19.5 Å². The smallest absolute Gasteiger partial charge is 0.360 e. The first kappa shape index (κ1) is 11.1. The van der Waals surface area contributed by atoms with Crippen LogP contribution in [-0.2, 0) is 11.3 Å². The highest BCUT2D eigenvalue weighted by Crippen LogP contribution is 2.07. The van der Waals surface area contributed by atoms with Crippen molar-refractivity contribution in [3.05, 3.63) is 11.9 Å². The first-order valence-electron chi connectivity index (χ1n) is 5.60. The molecule has 6 nitrogen and oxygen atoms in total. The van der Waals surface area contributed by atoms with Crippen LogP contribution < -0.4 is 5.32 Å². The van der Waals surface area contributed by atoms with Crippen molar-refractivity contribution in [2.45, 2.75) is 32.4 Å². The van der Waals surface area contributed by atoms with Crippen LogP contribution in [0.25, 0.3) is 0 Å². The summed E-state index contributed by atoms with van der Waals surface area (Å²) in [5, 5.41) is 11.1. The molecule has 16 heavy (non-hydrogen) atoms. The molecule has 0 bridgehead atoms. The topological polar surface area (TPSA) is 69.0 Å². The minimum absolute atomic E-state index is 0.278. The Morgan fingerprint density at radius 2 is 2.62 bits per heavy atom. The summed E-state index contributed by atoms with van der Waals surface area (Å²) in [7, 11) is 0. The van der Waals surface area contributed by atoms with Crippen LogP contribution in [0.5, 0.6) is 0 Å². The maximum atomic E-state index is 11.3. The fourth-order valence-electron chi connectivity index (χ4n) is 1.82. The Hall–Kier alpha value is -1.43. The zero-order chi connectivity index (χ0) is 11.4. The maximum Gasteiger partial charge on any atom is 0.360 e. The van der Waals surface area contributed by atoms with E-state index in [1.807, 2.05) is 0 Å². The standard InChI is InChI=1S/C10H16N4O2/c1-2-16-10(15)9-7-14(13-12-9)6-8-4-3-5-11-8/h7-8,11H,2-6H2,1H3/t8-/m1/s1. The molecule has 0 aromatic carbocycles. The van der Waals surface area contributed by atoms with Gasteiger partial charge >= 0.3 is 5.97 Å². The second-order valence-corrected chi connectivity index (χ2v) is 3.84. The number of esters is 1. The summed E-state index contributed by atoms with van der Waals surface area (Å²) in [6.45, 7) is 3.94. The molecular weight excluding hydrogens is 208 g/mol. The van der Waals surface area contributed by atoms with Gasteiger partial charge in [0.2, 0.25) is 0 Å². The SMILES string of the molecule is CCOC(=O)c1cn(C[C@H]2CCCN2)nn1. The molecule has 88 valence electrons. The van der Waals surface area contributed by atoms with E-state index in [2.05, 4.69) is 15.6 Å². The van der Waals surface area contributed by atoms with Gasteiger partial charge in [-0.15, -0.1) is 5.10 Å². The van der Waals surface area contributed by atoms with Crippen LogP contribution in [0.15, 0.2) is 6.20 Å². The summed E-state index contributed by atoms with van der Waals surface area (Å²) in [6.07, 6.45) is 3.98. The quantitative estimate of drug-likeness (QED) is 0.740. The van der Waals surface area contributed by atoms with Crippen LogP contribution in [-0.4, -0.2) is 40.2 Å². The highest BCUT2D eigenvalue weighted by atomic mass is 16.5. The van der Waals surface area contributed by atoms with Crippen molar-refractivity contribution in [2.24, 2.45) is 0 Å². The minimum Gasteiger partial charge on any atom is -0.461 e. The predicted molar refractivity (Wildman–Crippen MR) is 57.0 cm³/mol. The van der Waals surface area contributed by atoms with E-state index in [9.17, 15) is 4.79 Å². The Kier molecular flexibility index (Phi) is 3.51. The van der Waals surface area contributed by atoms with Crippen molar-refractivity contribution in [1.29, 1.82) is 0 Å². The molecule has 2 rings (SSSR count). The Morgan fingerprint density at radius 3 is 3.31 bits per heavy atom. The molecular formula is C10H16N4O2. The number of nitrogens with one attached hydrogen (secondary N) is 1. The molecule has 0 amide bonds. The molecule has 1 aliphatic rings. The average Bonchev–Trinajstić information content (AvgIpc) is 2.90. The fourth-order valence-corrected chi connectivity index (χ4v) is 1.82. The van der Waals surface area contributed by atoms with Crippen LogP contribution in [0.3, 0.4) is 0 Å². The summed E-state index contributed by atoms with van der Waals surface area (Å²) < 4.78 is 6.53. The molecule has 6 heteroatoms. The highest BCUT2D eigenvalue weighted by Gasteiger charge is 2.17. The molecule has 2 heterocycles. The van der Waals surface area contributed by atoms with E-state index in [4.69, 9.17) is 4.74 Å². The van der Waals surface area contributed by atoms with E-state index < -0.39 is 5.97 Å². The van der Waals surface area contributed by atoms with E-state index in [1.165, 1.54) is 6.42 Å². The molecule has 1 aliphatic heterocycles. The van der Waals surface area contributed by atoms with Gasteiger partial charge in [-0.05, 0) is 26.3 Å². The number of aromatic nitrogens is 3. The Labute approximate surface area is 94.0 Å². The van der Waals surface area contributed by atoms with Gasteiger partial charge in [-0.25, -0.2) is 4.79 Å². The third kappa shape index (κ3) is 2.57. The molecule has 0 radical (unpaired) electrons. The van der Waals surface area contributed by atoms with Crippen LogP contribution in [0, 0.1) is 0 Å². The van der Waals surface area contributed by atoms with Crippen LogP contribution in [0.4, 0.5) is 0 Å². The number of hydrogen-bond acceptors (Lipinski definition) is 5. The van der Waals surface area contributed by atoms with E-state index in [1.54, 1.807) is 17.8 Å². The molecule has 1 aromatic heterocycles. The van der Waals surface area contributed by atoms with Gasteiger partial charge < -0.3 is 10.1 Å². The van der Waals surface area contributed by atoms with E-state index >= 15 is 0 Å². The van der Waals surface area contributed by atoms with E-state index in [0.29, 0.717) is 12.6 Å². The summed E-state index contributed by atoms with van der Waals surface area (Å²) >= 11 is 0. The molecule has 0 spiro atoms. The third-order valence-electron chi connectivity index (χ3n) is 2.59. The van der Waals surface area contributed by atoms with Crippen LogP contribution in [0.2, 0.25) is 0 Å². The lowest BCUT2D eigenvalue weighted by Gasteiger charge is -2.08. The number of carbonyl (C=O) groups excluding carboxylic acids is 1. The molecule has 1 saturated heterocycles. The van der Waals surface area contributed by atoms with Crippen molar-refractivity contribution in [2.75, 3.05) is 13.2 Å². The number of rotatable bonds is 4. The molecule has 0 aliphatic carbocycles. The van der Waals surface area contributed by atoms with Gasteiger partial charge in [0.15, 0.2) is 5.69 Å². The maximum absolute atomic E-state index is 11.3. The van der Waals surface area contributed by atoms with Gasteiger partial charge in [0.25, 0.3) is 0 Å². The molecule has 0 unspecified atom stereocenters.